The summed E-state index contributed by atoms with van der Waals surface area (Å²) in [6, 6.07) is 17.8. The Labute approximate surface area is 168 Å². The van der Waals surface area contributed by atoms with Crippen LogP contribution < -0.4 is 10.4 Å². The average molecular weight is 444 g/mol. The number of furan rings is 1. The Morgan fingerprint density at radius 2 is 1.81 bits per heavy atom. The fourth-order valence-electron chi connectivity index (χ4n) is 2.70. The Bertz CT molecular complexity index is 1070. The van der Waals surface area contributed by atoms with E-state index in [0.29, 0.717) is 22.2 Å². The summed E-state index contributed by atoms with van der Waals surface area (Å²) in [5.41, 5.74) is 3.91. The maximum absolute atomic E-state index is 12.6. The van der Waals surface area contributed by atoms with Gasteiger partial charge in [0.15, 0.2) is 0 Å². The Kier molecular flexibility index (Phi) is 4.59. The highest BCUT2D eigenvalue weighted by molar-refractivity contribution is 9.10. The Hall–Kier alpha value is -2.83. The van der Waals surface area contributed by atoms with Crippen molar-refractivity contribution in [1.82, 2.24) is 5.43 Å². The molecule has 2 heterocycles. The molecule has 1 aromatic heterocycles. The van der Waals surface area contributed by atoms with Crippen molar-refractivity contribution in [2.45, 2.75) is 0 Å². The molecule has 0 unspecified atom stereocenters. The minimum atomic E-state index is -0.499. The zero-order valence-electron chi connectivity index (χ0n) is 13.8. The molecule has 0 spiro atoms. The first-order chi connectivity index (χ1) is 13.0. The van der Waals surface area contributed by atoms with E-state index in [4.69, 9.17) is 16.0 Å². The summed E-state index contributed by atoms with van der Waals surface area (Å²) in [7, 11) is 0. The minimum Gasteiger partial charge on any atom is -0.457 e. The van der Waals surface area contributed by atoms with Crippen LogP contribution in [0.1, 0.15) is 5.76 Å². The molecule has 1 N–H and O–H groups in total. The highest BCUT2D eigenvalue weighted by Crippen LogP contribution is 2.27. The molecule has 0 atom stereocenters. The van der Waals surface area contributed by atoms with Gasteiger partial charge in [0, 0.05) is 15.1 Å². The van der Waals surface area contributed by atoms with Crippen LogP contribution >= 0.6 is 27.5 Å². The fraction of sp³-hybridized carbons (Fsp3) is 0. The monoisotopic (exact) mass is 442 g/mol. The van der Waals surface area contributed by atoms with E-state index in [1.165, 1.54) is 11.1 Å². The molecule has 4 rings (SSSR count). The number of hydrogen-bond donors (Lipinski definition) is 1. The van der Waals surface area contributed by atoms with Crippen molar-refractivity contribution in [3.8, 4) is 11.3 Å². The van der Waals surface area contributed by atoms with Crippen LogP contribution in [-0.2, 0) is 9.59 Å². The van der Waals surface area contributed by atoms with Gasteiger partial charge < -0.3 is 4.42 Å². The number of halogens is 2. The van der Waals surface area contributed by atoms with E-state index in [1.54, 1.807) is 36.4 Å². The summed E-state index contributed by atoms with van der Waals surface area (Å²) in [5, 5.41) is 1.63. The second-order valence-corrected chi connectivity index (χ2v) is 7.18. The summed E-state index contributed by atoms with van der Waals surface area (Å²) in [6.45, 7) is 0. The number of carbonyl (C=O) groups is 2. The van der Waals surface area contributed by atoms with Crippen molar-refractivity contribution in [2.24, 2.45) is 0 Å². The normalized spacial score (nSPS) is 15.5. The molecule has 7 heteroatoms. The van der Waals surface area contributed by atoms with Crippen molar-refractivity contribution >= 4 is 51.1 Å². The van der Waals surface area contributed by atoms with Gasteiger partial charge >= 0.3 is 0 Å². The van der Waals surface area contributed by atoms with Gasteiger partial charge in [0.05, 0.1) is 5.69 Å². The molecule has 0 bridgehead atoms. The van der Waals surface area contributed by atoms with Crippen molar-refractivity contribution < 1.29 is 14.0 Å². The first-order valence-electron chi connectivity index (χ1n) is 8.00. The van der Waals surface area contributed by atoms with E-state index in [-0.39, 0.29) is 5.57 Å². The van der Waals surface area contributed by atoms with Crippen molar-refractivity contribution in [1.29, 1.82) is 0 Å². The second kappa shape index (κ2) is 7.06. The van der Waals surface area contributed by atoms with Gasteiger partial charge in [0.1, 0.15) is 17.1 Å². The number of benzene rings is 2. The minimum absolute atomic E-state index is 0.00770. The van der Waals surface area contributed by atoms with E-state index in [9.17, 15) is 9.59 Å². The van der Waals surface area contributed by atoms with Gasteiger partial charge in [-0.15, -0.1) is 0 Å². The van der Waals surface area contributed by atoms with Crippen molar-refractivity contribution in [2.75, 3.05) is 5.01 Å². The lowest BCUT2D eigenvalue weighted by atomic mass is 10.2. The van der Waals surface area contributed by atoms with Crippen molar-refractivity contribution in [3.63, 3.8) is 0 Å². The van der Waals surface area contributed by atoms with Gasteiger partial charge in [-0.1, -0.05) is 45.7 Å². The maximum atomic E-state index is 12.6. The average Bonchev–Trinajstić information content (AvgIpc) is 3.23. The first-order valence-corrected chi connectivity index (χ1v) is 9.17. The molecule has 3 aromatic rings. The number of hydrogen-bond acceptors (Lipinski definition) is 3. The van der Waals surface area contributed by atoms with Gasteiger partial charge in [0.2, 0.25) is 0 Å². The van der Waals surface area contributed by atoms with Crippen LogP contribution in [0, 0.1) is 0 Å². The molecule has 0 aliphatic carbocycles. The van der Waals surface area contributed by atoms with Gasteiger partial charge in [-0.3, -0.25) is 15.0 Å². The quantitative estimate of drug-likeness (QED) is 0.466. The van der Waals surface area contributed by atoms with Crippen LogP contribution in [0.15, 0.2) is 75.1 Å². The van der Waals surface area contributed by atoms with Crippen LogP contribution in [0.25, 0.3) is 17.4 Å². The number of rotatable bonds is 3. The molecule has 1 aliphatic rings. The standard InChI is InChI=1S/C20H12BrClN2O3/c21-13-6-4-12(5-7-13)18-9-8-16(27-18)11-17-19(25)23-24(20(17)26)15-3-1-2-14(22)10-15/h1-11H,(H,23,25). The topological polar surface area (TPSA) is 62.6 Å². The number of amides is 2. The van der Waals surface area contributed by atoms with Crippen LogP contribution in [0.5, 0.6) is 0 Å². The lowest BCUT2D eigenvalue weighted by Gasteiger charge is -2.14. The molecule has 5 nitrogen and oxygen atoms in total. The summed E-state index contributed by atoms with van der Waals surface area (Å²) in [6.07, 6.45) is 1.44. The Morgan fingerprint density at radius 3 is 2.56 bits per heavy atom. The Morgan fingerprint density at radius 1 is 1.04 bits per heavy atom. The highest BCUT2D eigenvalue weighted by Gasteiger charge is 2.34. The SMILES string of the molecule is O=C1NN(c2cccc(Cl)c2)C(=O)C1=Cc1ccc(-c2ccc(Br)cc2)o1. The third kappa shape index (κ3) is 3.54. The van der Waals surface area contributed by atoms with E-state index in [1.807, 2.05) is 24.3 Å². The number of anilines is 1. The van der Waals surface area contributed by atoms with E-state index in [2.05, 4.69) is 21.4 Å². The predicted molar refractivity (Wildman–Crippen MR) is 107 cm³/mol. The molecule has 134 valence electrons. The maximum Gasteiger partial charge on any atom is 0.282 e. The number of nitrogens with one attached hydrogen (secondary N) is 1. The Balaban J connectivity index is 1.61. The smallest absolute Gasteiger partial charge is 0.282 e. The third-order valence-corrected chi connectivity index (χ3v) is 4.76. The van der Waals surface area contributed by atoms with Gasteiger partial charge in [-0.25, -0.2) is 5.01 Å². The van der Waals surface area contributed by atoms with E-state index in [0.717, 1.165) is 10.0 Å². The second-order valence-electron chi connectivity index (χ2n) is 5.83. The summed E-state index contributed by atoms with van der Waals surface area (Å²) < 4.78 is 6.73. The molecule has 0 radical (unpaired) electrons. The van der Waals surface area contributed by atoms with Crippen LogP contribution in [0.4, 0.5) is 5.69 Å². The molecule has 27 heavy (non-hydrogen) atoms. The molecule has 1 aliphatic heterocycles. The van der Waals surface area contributed by atoms with E-state index >= 15 is 0 Å². The fourth-order valence-corrected chi connectivity index (χ4v) is 3.15. The number of nitrogens with zero attached hydrogens (tertiary/aromatic N) is 1. The first kappa shape index (κ1) is 17.6. The predicted octanol–water partition coefficient (Wildman–Crippen LogP) is 4.82. The molecule has 0 saturated carbocycles. The largest absolute Gasteiger partial charge is 0.457 e. The van der Waals surface area contributed by atoms with Gasteiger partial charge in [-0.05, 0) is 48.5 Å². The zero-order valence-corrected chi connectivity index (χ0v) is 16.1. The summed E-state index contributed by atoms with van der Waals surface area (Å²) >= 11 is 9.35. The van der Waals surface area contributed by atoms with Crippen LogP contribution in [0.2, 0.25) is 5.02 Å². The lowest BCUT2D eigenvalue weighted by molar-refractivity contribution is -0.117. The van der Waals surface area contributed by atoms with E-state index < -0.39 is 11.8 Å². The third-order valence-electron chi connectivity index (χ3n) is 4.00. The zero-order chi connectivity index (χ0) is 19.0. The molecular formula is C20H12BrClN2O3. The molecular weight excluding hydrogens is 432 g/mol. The summed E-state index contributed by atoms with van der Waals surface area (Å²) in [4.78, 5) is 24.9. The van der Waals surface area contributed by atoms with Gasteiger partial charge in [-0.2, -0.15) is 0 Å². The van der Waals surface area contributed by atoms with Crippen LogP contribution in [-0.4, -0.2) is 11.8 Å². The molecule has 1 saturated heterocycles. The number of hydrazine groups is 1. The van der Waals surface area contributed by atoms with Crippen LogP contribution in [0.3, 0.4) is 0 Å². The van der Waals surface area contributed by atoms with Gasteiger partial charge in [0.25, 0.3) is 11.8 Å². The lowest BCUT2D eigenvalue weighted by Crippen LogP contribution is -2.35. The highest BCUT2D eigenvalue weighted by atomic mass is 79.9. The summed E-state index contributed by atoms with van der Waals surface area (Å²) in [5.74, 6) is 0.0942. The molecule has 1 fully saturated rings. The molecule has 2 amide bonds. The van der Waals surface area contributed by atoms with Crippen molar-refractivity contribution in [3.05, 3.63) is 81.5 Å². The number of carbonyl (C=O) groups excluding carboxylic acids is 2. The molecule has 2 aromatic carbocycles.